The van der Waals surface area contributed by atoms with Gasteiger partial charge >= 0.3 is 0 Å². The summed E-state index contributed by atoms with van der Waals surface area (Å²) in [5.41, 5.74) is 2.04. The molecule has 0 unspecified atom stereocenters. The fourth-order valence-corrected chi connectivity index (χ4v) is 2.53. The monoisotopic (exact) mass is 319 g/mol. The molecular formula is C21H21NO2. The quantitative estimate of drug-likeness (QED) is 0.346. The zero-order valence-corrected chi connectivity index (χ0v) is 13.8. The molecule has 0 spiro atoms. The Morgan fingerprint density at radius 1 is 0.833 bits per heavy atom. The molecule has 3 heteroatoms. The van der Waals surface area contributed by atoms with Crippen LogP contribution >= 0.6 is 0 Å². The van der Waals surface area contributed by atoms with Crippen LogP contribution in [0.3, 0.4) is 0 Å². The van der Waals surface area contributed by atoms with Gasteiger partial charge in [0, 0.05) is 0 Å². The zero-order chi connectivity index (χ0) is 16.6. The Balaban J connectivity index is 1.59. The Hall–Kier alpha value is -2.81. The van der Waals surface area contributed by atoms with Crippen molar-refractivity contribution < 1.29 is 9.57 Å². The molecule has 122 valence electrons. The lowest BCUT2D eigenvalue weighted by Crippen LogP contribution is -2.06. The van der Waals surface area contributed by atoms with Crippen LogP contribution in [0.5, 0.6) is 5.75 Å². The molecule has 0 amide bonds. The fraction of sp³-hybridized carbons (Fsp3) is 0.190. The summed E-state index contributed by atoms with van der Waals surface area (Å²) in [4.78, 5) is 5.44. The highest BCUT2D eigenvalue weighted by atomic mass is 16.6. The van der Waals surface area contributed by atoms with Crippen LogP contribution in [0.15, 0.2) is 78.0 Å². The van der Waals surface area contributed by atoms with Gasteiger partial charge in [-0.2, -0.15) is 0 Å². The Morgan fingerprint density at radius 3 is 2.38 bits per heavy atom. The second kappa shape index (κ2) is 8.16. The third-order valence-electron chi connectivity index (χ3n) is 3.78. The molecule has 0 aliphatic rings. The first kappa shape index (κ1) is 16.1. The van der Waals surface area contributed by atoms with E-state index in [9.17, 15) is 0 Å². The summed E-state index contributed by atoms with van der Waals surface area (Å²) in [6, 6.07) is 24.4. The van der Waals surface area contributed by atoms with Crippen molar-refractivity contribution in [2.45, 2.75) is 13.3 Å². The number of oxime groups is 1. The van der Waals surface area contributed by atoms with E-state index >= 15 is 0 Å². The van der Waals surface area contributed by atoms with Crippen LogP contribution in [-0.4, -0.2) is 18.9 Å². The smallest absolute Gasteiger partial charge is 0.151 e. The van der Waals surface area contributed by atoms with Gasteiger partial charge in [0.1, 0.15) is 12.4 Å². The van der Waals surface area contributed by atoms with Crippen molar-refractivity contribution in [1.29, 1.82) is 0 Å². The molecule has 0 aliphatic heterocycles. The van der Waals surface area contributed by atoms with E-state index in [1.165, 1.54) is 10.8 Å². The van der Waals surface area contributed by atoms with Gasteiger partial charge in [-0.15, -0.1) is 0 Å². The van der Waals surface area contributed by atoms with Crippen LogP contribution in [0.4, 0.5) is 0 Å². The summed E-state index contributed by atoms with van der Waals surface area (Å²) >= 11 is 0. The maximum atomic E-state index is 5.59. The lowest BCUT2D eigenvalue weighted by molar-refractivity contribution is 0.107. The number of ether oxygens (including phenoxy) is 1. The van der Waals surface area contributed by atoms with E-state index in [4.69, 9.17) is 9.57 Å². The summed E-state index contributed by atoms with van der Waals surface area (Å²) in [5, 5.41) is 6.73. The highest BCUT2D eigenvalue weighted by Crippen LogP contribution is 2.17. The Labute approximate surface area is 142 Å². The average molecular weight is 319 g/mol. The van der Waals surface area contributed by atoms with Gasteiger partial charge in [-0.1, -0.05) is 66.7 Å². The van der Waals surface area contributed by atoms with Crippen molar-refractivity contribution in [2.75, 3.05) is 13.2 Å². The lowest BCUT2D eigenvalue weighted by atomic mass is 10.0. The van der Waals surface area contributed by atoms with Gasteiger partial charge in [-0.05, 0) is 41.0 Å². The third-order valence-corrected chi connectivity index (χ3v) is 3.78. The number of rotatable bonds is 7. The molecule has 24 heavy (non-hydrogen) atoms. The van der Waals surface area contributed by atoms with Crippen LogP contribution in [0.2, 0.25) is 0 Å². The summed E-state index contributed by atoms with van der Waals surface area (Å²) in [7, 11) is 0. The van der Waals surface area contributed by atoms with Crippen molar-refractivity contribution in [1.82, 2.24) is 0 Å². The number of fused-ring (bicyclic) bond motifs is 1. The second-order valence-electron chi connectivity index (χ2n) is 5.45. The second-order valence-corrected chi connectivity index (χ2v) is 5.45. The van der Waals surface area contributed by atoms with Crippen molar-refractivity contribution in [3.05, 3.63) is 78.4 Å². The lowest BCUT2D eigenvalue weighted by Gasteiger charge is -2.07. The van der Waals surface area contributed by atoms with Crippen molar-refractivity contribution in [3.63, 3.8) is 0 Å². The predicted octanol–water partition coefficient (Wildman–Crippen LogP) is 5.05. The molecule has 0 radical (unpaired) electrons. The largest absolute Gasteiger partial charge is 0.490 e. The van der Waals surface area contributed by atoms with Crippen LogP contribution in [-0.2, 0) is 4.84 Å². The van der Waals surface area contributed by atoms with Gasteiger partial charge in [0.2, 0.25) is 0 Å². The normalized spacial score (nSPS) is 11.5. The van der Waals surface area contributed by atoms with E-state index in [2.05, 4.69) is 42.4 Å². The molecule has 0 aromatic heterocycles. The summed E-state index contributed by atoms with van der Waals surface area (Å²) in [6.07, 6.45) is 0.817. The SMILES string of the molecule is CC/C(=N\OCCOc1ccccc1)c1ccc2ccccc2c1. The predicted molar refractivity (Wildman–Crippen MR) is 98.7 cm³/mol. The van der Waals surface area contributed by atoms with E-state index in [1.54, 1.807) is 0 Å². The molecular weight excluding hydrogens is 298 g/mol. The van der Waals surface area contributed by atoms with Crippen molar-refractivity contribution in [3.8, 4) is 5.75 Å². The molecule has 0 atom stereocenters. The first-order chi connectivity index (χ1) is 11.9. The maximum absolute atomic E-state index is 5.59. The molecule has 0 bridgehead atoms. The first-order valence-corrected chi connectivity index (χ1v) is 8.22. The minimum atomic E-state index is 0.423. The van der Waals surface area contributed by atoms with Crippen LogP contribution in [0.1, 0.15) is 18.9 Å². The Bertz CT molecular complexity index is 812. The van der Waals surface area contributed by atoms with Crippen LogP contribution in [0.25, 0.3) is 10.8 Å². The molecule has 0 saturated heterocycles. The number of para-hydroxylation sites is 1. The zero-order valence-electron chi connectivity index (χ0n) is 13.8. The van der Waals surface area contributed by atoms with Gasteiger partial charge in [-0.3, -0.25) is 0 Å². The van der Waals surface area contributed by atoms with Crippen molar-refractivity contribution in [2.24, 2.45) is 5.16 Å². The number of hydrogen-bond donors (Lipinski definition) is 0. The highest BCUT2D eigenvalue weighted by molar-refractivity contribution is 6.03. The topological polar surface area (TPSA) is 30.8 Å². The van der Waals surface area contributed by atoms with E-state index < -0.39 is 0 Å². The van der Waals surface area contributed by atoms with E-state index in [0.29, 0.717) is 13.2 Å². The van der Waals surface area contributed by atoms with Gasteiger partial charge in [-0.25, -0.2) is 0 Å². The number of nitrogens with zero attached hydrogens (tertiary/aromatic N) is 1. The van der Waals surface area contributed by atoms with Crippen LogP contribution < -0.4 is 4.74 Å². The molecule has 0 fully saturated rings. The van der Waals surface area contributed by atoms with E-state index in [-0.39, 0.29) is 0 Å². The molecule has 0 saturated carbocycles. The Kier molecular flexibility index (Phi) is 5.46. The summed E-state index contributed by atoms with van der Waals surface area (Å²) < 4.78 is 5.59. The molecule has 3 rings (SSSR count). The first-order valence-electron chi connectivity index (χ1n) is 8.22. The highest BCUT2D eigenvalue weighted by Gasteiger charge is 2.03. The number of benzene rings is 3. The molecule has 0 aliphatic carbocycles. The van der Waals surface area contributed by atoms with Gasteiger partial charge in [0.25, 0.3) is 0 Å². The average Bonchev–Trinajstić information content (AvgIpc) is 2.65. The summed E-state index contributed by atoms with van der Waals surface area (Å²) in [6.45, 7) is 2.98. The van der Waals surface area contributed by atoms with E-state index in [1.807, 2.05) is 42.5 Å². The molecule has 0 heterocycles. The standard InChI is InChI=1S/C21H21NO2/c1-2-21(19-13-12-17-8-6-7-9-18(17)16-19)22-24-15-14-23-20-10-4-3-5-11-20/h3-13,16H,2,14-15H2,1H3/b22-21+. The third kappa shape index (κ3) is 4.13. The minimum Gasteiger partial charge on any atom is -0.490 e. The number of hydrogen-bond acceptors (Lipinski definition) is 3. The fourth-order valence-electron chi connectivity index (χ4n) is 2.53. The van der Waals surface area contributed by atoms with Crippen molar-refractivity contribution >= 4 is 16.5 Å². The molecule has 0 N–H and O–H groups in total. The van der Waals surface area contributed by atoms with Gasteiger partial charge in [0.05, 0.1) is 5.71 Å². The maximum Gasteiger partial charge on any atom is 0.151 e. The van der Waals surface area contributed by atoms with Gasteiger partial charge < -0.3 is 9.57 Å². The van der Waals surface area contributed by atoms with E-state index in [0.717, 1.165) is 23.4 Å². The minimum absolute atomic E-state index is 0.423. The summed E-state index contributed by atoms with van der Waals surface area (Å²) in [5.74, 6) is 0.843. The van der Waals surface area contributed by atoms with Gasteiger partial charge in [0.15, 0.2) is 6.61 Å². The molecule has 3 aromatic carbocycles. The van der Waals surface area contributed by atoms with Crippen LogP contribution in [0, 0.1) is 0 Å². The Morgan fingerprint density at radius 2 is 1.58 bits per heavy atom. The molecule has 3 aromatic rings. The molecule has 3 nitrogen and oxygen atoms in total.